The molecule has 3 rings (SSSR count). The fourth-order valence-electron chi connectivity index (χ4n) is 3.89. The first-order valence-electron chi connectivity index (χ1n) is 10.1. The van der Waals surface area contributed by atoms with E-state index in [1.54, 1.807) is 0 Å². The zero-order valence-corrected chi connectivity index (χ0v) is 16.7. The quantitative estimate of drug-likeness (QED) is 0.767. The molecule has 1 aromatic rings. The Morgan fingerprint density at radius 1 is 0.889 bits per heavy atom. The molecule has 1 aromatic carbocycles. The molecule has 0 bridgehead atoms. The number of nitrogens with one attached hydrogen (secondary N) is 2. The van der Waals surface area contributed by atoms with Gasteiger partial charge in [0.05, 0.1) is 0 Å². The first-order chi connectivity index (χ1) is 13.1. The summed E-state index contributed by atoms with van der Waals surface area (Å²) >= 11 is 5.27. The fourth-order valence-corrected chi connectivity index (χ4v) is 4.11. The van der Waals surface area contributed by atoms with E-state index in [0.717, 1.165) is 57.3 Å². The summed E-state index contributed by atoms with van der Waals surface area (Å²) in [6, 6.07) is 7.32. The molecule has 1 saturated heterocycles. The lowest BCUT2D eigenvalue weighted by Crippen LogP contribution is -2.39. The van der Waals surface area contributed by atoms with E-state index >= 15 is 0 Å². The molecule has 146 valence electrons. The minimum Gasteiger partial charge on any atom is -0.339 e. The van der Waals surface area contributed by atoms with Crippen molar-refractivity contribution in [3.05, 3.63) is 29.8 Å². The van der Waals surface area contributed by atoms with Crippen molar-refractivity contribution in [1.29, 1.82) is 0 Å². The molecule has 5 nitrogen and oxygen atoms in total. The summed E-state index contributed by atoms with van der Waals surface area (Å²) < 4.78 is 0. The molecule has 0 atom stereocenters. The Hall–Kier alpha value is -1.95. The van der Waals surface area contributed by atoms with Gasteiger partial charge < -0.3 is 15.5 Å². The van der Waals surface area contributed by atoms with Crippen molar-refractivity contribution in [2.75, 3.05) is 18.4 Å². The van der Waals surface area contributed by atoms with Crippen molar-refractivity contribution in [3.8, 4) is 0 Å². The van der Waals surface area contributed by atoms with Crippen LogP contribution in [-0.4, -0.2) is 34.9 Å². The molecule has 2 fully saturated rings. The molecule has 0 spiro atoms. The lowest BCUT2D eigenvalue weighted by atomic mass is 9.89. The average molecular weight is 388 g/mol. The van der Waals surface area contributed by atoms with Crippen molar-refractivity contribution < 1.29 is 9.59 Å². The predicted octanol–water partition coefficient (Wildman–Crippen LogP) is 4.10. The van der Waals surface area contributed by atoms with Gasteiger partial charge >= 0.3 is 0 Å². The Morgan fingerprint density at radius 3 is 2.11 bits per heavy atom. The number of carbonyl (C=O) groups excluding carboxylic acids is 2. The van der Waals surface area contributed by atoms with E-state index in [9.17, 15) is 9.59 Å². The molecule has 0 radical (unpaired) electrons. The van der Waals surface area contributed by atoms with Crippen LogP contribution in [0.4, 0.5) is 5.69 Å². The summed E-state index contributed by atoms with van der Waals surface area (Å²) in [5.41, 5.74) is 1.47. The molecule has 1 heterocycles. The number of rotatable bonds is 3. The molecular formula is C21H29N3O2S. The van der Waals surface area contributed by atoms with E-state index in [0.29, 0.717) is 10.7 Å². The van der Waals surface area contributed by atoms with Crippen LogP contribution in [0.3, 0.4) is 0 Å². The Bertz CT molecular complexity index is 661. The summed E-state index contributed by atoms with van der Waals surface area (Å²) in [6.07, 6.45) is 9.92. The van der Waals surface area contributed by atoms with Gasteiger partial charge in [0, 0.05) is 30.3 Å². The van der Waals surface area contributed by atoms with E-state index in [1.807, 2.05) is 29.2 Å². The minimum absolute atomic E-state index is 0.0140. The van der Waals surface area contributed by atoms with Crippen LogP contribution in [0, 0.1) is 5.92 Å². The van der Waals surface area contributed by atoms with Crippen molar-refractivity contribution in [2.45, 2.75) is 57.8 Å². The van der Waals surface area contributed by atoms with Gasteiger partial charge in [-0.05, 0) is 62.2 Å². The van der Waals surface area contributed by atoms with Gasteiger partial charge in [-0.1, -0.05) is 32.1 Å². The zero-order valence-electron chi connectivity index (χ0n) is 15.8. The number of likely N-dealkylation sites (tertiary alicyclic amines) is 1. The minimum atomic E-state index is 0.0140. The smallest absolute Gasteiger partial charge is 0.253 e. The first kappa shape index (κ1) is 19.8. The lowest BCUT2D eigenvalue weighted by molar-refractivity contribution is -0.124. The first-order valence-corrected chi connectivity index (χ1v) is 10.6. The van der Waals surface area contributed by atoms with Gasteiger partial charge in [0.1, 0.15) is 0 Å². The van der Waals surface area contributed by atoms with Crippen LogP contribution in [-0.2, 0) is 4.79 Å². The largest absolute Gasteiger partial charge is 0.339 e. The standard InChI is InChI=1S/C21H29N3O2S/c25-19(16-8-4-3-5-9-16)23-21(27)22-18-12-10-17(11-13-18)20(26)24-14-6-1-2-7-15-24/h10-13,16H,1-9,14-15H2,(H2,22,23,25,27). The molecule has 1 aliphatic heterocycles. The molecule has 1 aliphatic carbocycles. The Labute approximate surface area is 166 Å². The molecule has 1 saturated carbocycles. The summed E-state index contributed by atoms with van der Waals surface area (Å²) in [5.74, 6) is 0.184. The molecule has 6 heteroatoms. The Kier molecular flexibility index (Phi) is 7.21. The van der Waals surface area contributed by atoms with Gasteiger partial charge in [-0.3, -0.25) is 9.59 Å². The zero-order chi connectivity index (χ0) is 19.1. The monoisotopic (exact) mass is 387 g/mol. The highest BCUT2D eigenvalue weighted by molar-refractivity contribution is 7.80. The topological polar surface area (TPSA) is 61.4 Å². The van der Waals surface area contributed by atoms with Gasteiger partial charge in [0.25, 0.3) is 5.91 Å². The number of carbonyl (C=O) groups is 2. The van der Waals surface area contributed by atoms with Crippen LogP contribution in [0.2, 0.25) is 0 Å². The summed E-state index contributed by atoms with van der Waals surface area (Å²) in [5, 5.41) is 6.16. The fraction of sp³-hybridized carbons (Fsp3) is 0.571. The van der Waals surface area contributed by atoms with E-state index in [1.165, 1.54) is 19.3 Å². The van der Waals surface area contributed by atoms with Crippen molar-refractivity contribution in [3.63, 3.8) is 0 Å². The number of hydrogen-bond donors (Lipinski definition) is 2. The highest BCUT2D eigenvalue weighted by Gasteiger charge is 2.22. The third-order valence-corrected chi connectivity index (χ3v) is 5.70. The molecule has 2 N–H and O–H groups in total. The Morgan fingerprint density at radius 2 is 1.48 bits per heavy atom. The van der Waals surface area contributed by atoms with Crippen LogP contribution in [0.25, 0.3) is 0 Å². The predicted molar refractivity (Wildman–Crippen MR) is 112 cm³/mol. The van der Waals surface area contributed by atoms with Crippen LogP contribution in [0.5, 0.6) is 0 Å². The van der Waals surface area contributed by atoms with Crippen LogP contribution < -0.4 is 10.6 Å². The summed E-state index contributed by atoms with van der Waals surface area (Å²) in [6.45, 7) is 1.69. The molecule has 27 heavy (non-hydrogen) atoms. The number of hydrogen-bond acceptors (Lipinski definition) is 3. The Balaban J connectivity index is 1.51. The van der Waals surface area contributed by atoms with Crippen molar-refractivity contribution >= 4 is 34.8 Å². The molecule has 2 aliphatic rings. The van der Waals surface area contributed by atoms with Crippen molar-refractivity contribution in [2.24, 2.45) is 5.92 Å². The van der Waals surface area contributed by atoms with E-state index in [-0.39, 0.29) is 17.7 Å². The summed E-state index contributed by atoms with van der Waals surface area (Å²) in [7, 11) is 0. The highest BCUT2D eigenvalue weighted by atomic mass is 32.1. The normalized spacial score (nSPS) is 18.4. The number of nitrogens with zero attached hydrogens (tertiary/aromatic N) is 1. The average Bonchev–Trinajstić information content (AvgIpc) is 2.98. The van der Waals surface area contributed by atoms with Gasteiger partial charge in [-0.25, -0.2) is 0 Å². The maximum Gasteiger partial charge on any atom is 0.253 e. The summed E-state index contributed by atoms with van der Waals surface area (Å²) in [4.78, 5) is 26.8. The van der Waals surface area contributed by atoms with E-state index in [2.05, 4.69) is 10.6 Å². The number of benzene rings is 1. The number of thiocarbonyl (C=S) groups is 1. The van der Waals surface area contributed by atoms with Crippen LogP contribution in [0.15, 0.2) is 24.3 Å². The van der Waals surface area contributed by atoms with Gasteiger partial charge in [-0.15, -0.1) is 0 Å². The molecular weight excluding hydrogens is 358 g/mol. The highest BCUT2D eigenvalue weighted by Crippen LogP contribution is 2.23. The lowest BCUT2D eigenvalue weighted by Gasteiger charge is -2.21. The van der Waals surface area contributed by atoms with Gasteiger partial charge in [-0.2, -0.15) is 0 Å². The SMILES string of the molecule is O=C(NC(=S)Nc1ccc(C(=O)N2CCCCCC2)cc1)C1CCCCC1. The maximum atomic E-state index is 12.6. The van der Waals surface area contributed by atoms with Gasteiger partial charge in [0.2, 0.25) is 5.91 Å². The third-order valence-electron chi connectivity index (χ3n) is 5.50. The second-order valence-electron chi connectivity index (χ2n) is 7.56. The number of amides is 2. The van der Waals surface area contributed by atoms with Crippen LogP contribution in [0.1, 0.15) is 68.1 Å². The van der Waals surface area contributed by atoms with E-state index < -0.39 is 0 Å². The number of anilines is 1. The van der Waals surface area contributed by atoms with Crippen molar-refractivity contribution in [1.82, 2.24) is 10.2 Å². The maximum absolute atomic E-state index is 12.6. The second-order valence-corrected chi connectivity index (χ2v) is 7.97. The van der Waals surface area contributed by atoms with Gasteiger partial charge in [0.15, 0.2) is 5.11 Å². The van der Waals surface area contributed by atoms with Crippen LogP contribution >= 0.6 is 12.2 Å². The molecule has 0 unspecified atom stereocenters. The van der Waals surface area contributed by atoms with E-state index in [4.69, 9.17) is 12.2 Å². The second kappa shape index (κ2) is 9.83. The third kappa shape index (κ3) is 5.76. The molecule has 0 aromatic heterocycles. The molecule has 2 amide bonds.